The number of methoxy groups -OCH3 is 2. The Labute approximate surface area is 102 Å². The second-order valence-corrected chi connectivity index (χ2v) is 4.34. The molecule has 4 nitrogen and oxygen atoms in total. The second kappa shape index (κ2) is 5.89. The smallest absolute Gasteiger partial charge is 0.127 e. The molecule has 3 N–H and O–H groups in total. The summed E-state index contributed by atoms with van der Waals surface area (Å²) in [5.74, 6) is 1.34. The highest BCUT2D eigenvalue weighted by Crippen LogP contribution is 2.35. The Morgan fingerprint density at radius 1 is 1.12 bits per heavy atom. The summed E-state index contributed by atoms with van der Waals surface area (Å²) in [6.45, 7) is 3.85. The standard InChI is InChI=1S/C13H21NO3/c1-8(2)13(15)12(14)11-9(16-3)6-5-7-10(11)17-4/h5-8,12-13,15H,14H2,1-4H3/t12-,13+/m0/s1. The molecule has 1 aromatic rings. The zero-order chi connectivity index (χ0) is 13.0. The molecule has 0 heterocycles. The van der Waals surface area contributed by atoms with Crippen LogP contribution in [0, 0.1) is 5.92 Å². The molecule has 0 bridgehead atoms. The fourth-order valence-corrected chi connectivity index (χ4v) is 1.79. The molecule has 0 spiro atoms. The van der Waals surface area contributed by atoms with E-state index < -0.39 is 12.1 Å². The van der Waals surface area contributed by atoms with Crippen LogP contribution >= 0.6 is 0 Å². The Kier molecular flexibility index (Phi) is 4.78. The number of rotatable bonds is 5. The number of benzene rings is 1. The van der Waals surface area contributed by atoms with Gasteiger partial charge in [-0.15, -0.1) is 0 Å². The minimum absolute atomic E-state index is 0.0691. The van der Waals surface area contributed by atoms with E-state index in [-0.39, 0.29) is 5.92 Å². The van der Waals surface area contributed by atoms with Crippen molar-refractivity contribution < 1.29 is 14.6 Å². The lowest BCUT2D eigenvalue weighted by Gasteiger charge is -2.25. The molecule has 0 unspecified atom stereocenters. The predicted molar refractivity (Wildman–Crippen MR) is 67.3 cm³/mol. The molecule has 0 radical (unpaired) electrons. The summed E-state index contributed by atoms with van der Waals surface area (Å²) in [5.41, 5.74) is 6.79. The molecule has 0 aromatic heterocycles. The van der Waals surface area contributed by atoms with Gasteiger partial charge in [0, 0.05) is 0 Å². The summed E-state index contributed by atoms with van der Waals surface area (Å²) in [7, 11) is 3.15. The number of aliphatic hydroxyl groups is 1. The van der Waals surface area contributed by atoms with Crippen molar-refractivity contribution in [2.24, 2.45) is 11.7 Å². The first-order chi connectivity index (χ1) is 8.02. The average molecular weight is 239 g/mol. The van der Waals surface area contributed by atoms with Crippen LogP contribution in [0.25, 0.3) is 0 Å². The van der Waals surface area contributed by atoms with E-state index in [0.717, 1.165) is 0 Å². The van der Waals surface area contributed by atoms with Crippen LogP contribution in [-0.4, -0.2) is 25.4 Å². The third-order valence-corrected chi connectivity index (χ3v) is 2.85. The number of hydrogen-bond donors (Lipinski definition) is 2. The highest BCUT2D eigenvalue weighted by Gasteiger charge is 2.26. The molecule has 1 rings (SSSR count). The lowest BCUT2D eigenvalue weighted by atomic mass is 9.93. The number of aliphatic hydroxyl groups excluding tert-OH is 1. The van der Waals surface area contributed by atoms with Gasteiger partial charge in [0.2, 0.25) is 0 Å². The van der Waals surface area contributed by atoms with E-state index in [9.17, 15) is 5.11 Å². The summed E-state index contributed by atoms with van der Waals surface area (Å²) in [5, 5.41) is 10.1. The summed E-state index contributed by atoms with van der Waals surface area (Å²) in [4.78, 5) is 0. The Hall–Kier alpha value is -1.26. The van der Waals surface area contributed by atoms with E-state index in [2.05, 4.69) is 0 Å². The molecular formula is C13H21NO3. The van der Waals surface area contributed by atoms with Gasteiger partial charge in [0.1, 0.15) is 11.5 Å². The fraction of sp³-hybridized carbons (Fsp3) is 0.538. The van der Waals surface area contributed by atoms with Crippen LogP contribution in [0.1, 0.15) is 25.5 Å². The molecule has 96 valence electrons. The van der Waals surface area contributed by atoms with Gasteiger partial charge in [0.25, 0.3) is 0 Å². The van der Waals surface area contributed by atoms with Gasteiger partial charge in [0.05, 0.1) is 31.9 Å². The molecule has 17 heavy (non-hydrogen) atoms. The lowest BCUT2D eigenvalue weighted by molar-refractivity contribution is 0.0959. The topological polar surface area (TPSA) is 64.7 Å². The molecule has 0 fully saturated rings. The summed E-state index contributed by atoms with van der Waals surface area (Å²) in [6.07, 6.45) is -0.639. The van der Waals surface area contributed by atoms with Gasteiger partial charge in [-0.2, -0.15) is 0 Å². The van der Waals surface area contributed by atoms with Crippen LogP contribution < -0.4 is 15.2 Å². The van der Waals surface area contributed by atoms with Crippen molar-refractivity contribution >= 4 is 0 Å². The molecule has 0 saturated heterocycles. The van der Waals surface area contributed by atoms with E-state index in [1.54, 1.807) is 14.2 Å². The van der Waals surface area contributed by atoms with Crippen molar-refractivity contribution in [2.75, 3.05) is 14.2 Å². The van der Waals surface area contributed by atoms with Crippen molar-refractivity contribution in [2.45, 2.75) is 26.0 Å². The van der Waals surface area contributed by atoms with Crippen molar-refractivity contribution in [1.82, 2.24) is 0 Å². The van der Waals surface area contributed by atoms with Gasteiger partial charge in [-0.1, -0.05) is 19.9 Å². The zero-order valence-corrected chi connectivity index (χ0v) is 10.8. The third-order valence-electron chi connectivity index (χ3n) is 2.85. The van der Waals surface area contributed by atoms with Crippen LogP contribution in [0.3, 0.4) is 0 Å². The van der Waals surface area contributed by atoms with Crippen molar-refractivity contribution in [3.05, 3.63) is 23.8 Å². The third kappa shape index (κ3) is 2.90. The number of nitrogens with two attached hydrogens (primary N) is 1. The van der Waals surface area contributed by atoms with E-state index in [1.165, 1.54) is 0 Å². The number of ether oxygens (including phenoxy) is 2. The summed E-state index contributed by atoms with van der Waals surface area (Å²) in [6, 6.07) is 4.92. The lowest BCUT2D eigenvalue weighted by Crippen LogP contribution is -2.31. The molecule has 0 aliphatic carbocycles. The first kappa shape index (κ1) is 13.8. The van der Waals surface area contributed by atoms with E-state index >= 15 is 0 Å². The maximum absolute atomic E-state index is 10.1. The fourth-order valence-electron chi connectivity index (χ4n) is 1.79. The van der Waals surface area contributed by atoms with Crippen LogP contribution in [0.5, 0.6) is 11.5 Å². The maximum Gasteiger partial charge on any atom is 0.127 e. The quantitative estimate of drug-likeness (QED) is 0.821. The first-order valence-electron chi connectivity index (χ1n) is 5.67. The minimum Gasteiger partial charge on any atom is -0.496 e. The zero-order valence-electron chi connectivity index (χ0n) is 10.8. The molecule has 1 aromatic carbocycles. The van der Waals surface area contributed by atoms with Crippen LogP contribution in [0.4, 0.5) is 0 Å². The molecule has 0 saturated carbocycles. The predicted octanol–water partition coefficient (Wildman–Crippen LogP) is 1.72. The van der Waals surface area contributed by atoms with Gasteiger partial charge in [-0.05, 0) is 18.1 Å². The summed E-state index contributed by atoms with van der Waals surface area (Å²) < 4.78 is 10.5. The molecule has 0 amide bonds. The SMILES string of the molecule is COc1cccc(OC)c1[C@H](N)[C@H](O)C(C)C. The van der Waals surface area contributed by atoms with Gasteiger partial charge < -0.3 is 20.3 Å². The van der Waals surface area contributed by atoms with Gasteiger partial charge >= 0.3 is 0 Å². The number of hydrogen-bond acceptors (Lipinski definition) is 4. The molecule has 2 atom stereocenters. The van der Waals surface area contributed by atoms with E-state index in [4.69, 9.17) is 15.2 Å². The Balaban J connectivity index is 3.18. The monoisotopic (exact) mass is 239 g/mol. The Morgan fingerprint density at radius 2 is 1.59 bits per heavy atom. The Morgan fingerprint density at radius 3 is 1.94 bits per heavy atom. The van der Waals surface area contributed by atoms with Crippen molar-refractivity contribution in [3.63, 3.8) is 0 Å². The van der Waals surface area contributed by atoms with Gasteiger partial charge in [-0.25, -0.2) is 0 Å². The van der Waals surface area contributed by atoms with Crippen LogP contribution in [0.15, 0.2) is 18.2 Å². The maximum atomic E-state index is 10.1. The second-order valence-electron chi connectivity index (χ2n) is 4.34. The highest BCUT2D eigenvalue weighted by molar-refractivity contribution is 5.47. The minimum atomic E-state index is -0.639. The van der Waals surface area contributed by atoms with Crippen molar-refractivity contribution in [3.8, 4) is 11.5 Å². The van der Waals surface area contributed by atoms with Crippen molar-refractivity contribution in [1.29, 1.82) is 0 Å². The van der Waals surface area contributed by atoms with Crippen LogP contribution in [0.2, 0.25) is 0 Å². The van der Waals surface area contributed by atoms with Gasteiger partial charge in [0.15, 0.2) is 0 Å². The largest absolute Gasteiger partial charge is 0.496 e. The normalized spacial score (nSPS) is 14.5. The average Bonchev–Trinajstić information content (AvgIpc) is 2.35. The molecular weight excluding hydrogens is 218 g/mol. The summed E-state index contributed by atoms with van der Waals surface area (Å²) >= 11 is 0. The highest BCUT2D eigenvalue weighted by atomic mass is 16.5. The Bertz CT molecular complexity index is 343. The van der Waals surface area contributed by atoms with E-state index in [1.807, 2.05) is 32.0 Å². The van der Waals surface area contributed by atoms with E-state index in [0.29, 0.717) is 17.1 Å². The van der Waals surface area contributed by atoms with Gasteiger partial charge in [-0.3, -0.25) is 0 Å². The molecule has 0 aliphatic heterocycles. The molecule has 0 aliphatic rings. The molecule has 4 heteroatoms. The first-order valence-corrected chi connectivity index (χ1v) is 5.67. The van der Waals surface area contributed by atoms with Crippen LogP contribution in [-0.2, 0) is 0 Å².